The third-order valence-electron chi connectivity index (χ3n) is 2.51. The number of likely N-dealkylation sites (N-methyl/N-ethyl adjacent to an activating group) is 1. The van der Waals surface area contributed by atoms with E-state index < -0.39 is 17.4 Å². The summed E-state index contributed by atoms with van der Waals surface area (Å²) >= 11 is 1.30. The average Bonchev–Trinajstić information content (AvgIpc) is 2.87. The summed E-state index contributed by atoms with van der Waals surface area (Å²) in [5, 5.41) is 1.70. The van der Waals surface area contributed by atoms with E-state index in [1.54, 1.807) is 11.6 Å². The minimum atomic E-state index is -0.566. The van der Waals surface area contributed by atoms with Gasteiger partial charge in [0.1, 0.15) is 12.1 Å². The number of carbonyl (C=O) groups excluding carboxylic acids is 2. The van der Waals surface area contributed by atoms with Crippen molar-refractivity contribution >= 4 is 28.2 Å². The van der Waals surface area contributed by atoms with E-state index in [0.717, 1.165) is 4.90 Å². The van der Waals surface area contributed by atoms with Crippen molar-refractivity contribution in [1.29, 1.82) is 0 Å². The molecule has 1 amide bonds. The topological polar surface area (TPSA) is 81.0 Å². The zero-order valence-corrected chi connectivity index (χ0v) is 11.1. The number of carbonyl (C=O) groups is 2. The summed E-state index contributed by atoms with van der Waals surface area (Å²) in [6, 6.07) is 0. The molecule has 2 rings (SSSR count). The number of fused-ring (bicyclic) bond motifs is 1. The van der Waals surface area contributed by atoms with E-state index in [4.69, 9.17) is 0 Å². The number of esters is 1. The fourth-order valence-electron chi connectivity index (χ4n) is 1.51. The number of rotatable bonds is 3. The Hall–Kier alpha value is -2.22. The Kier molecular flexibility index (Phi) is 3.61. The van der Waals surface area contributed by atoms with Gasteiger partial charge in [-0.3, -0.25) is 18.8 Å². The largest absolute Gasteiger partial charge is 0.468 e. The molecule has 19 heavy (non-hydrogen) atoms. The van der Waals surface area contributed by atoms with Crippen LogP contribution in [0.4, 0.5) is 0 Å². The van der Waals surface area contributed by atoms with E-state index in [0.29, 0.717) is 4.96 Å². The van der Waals surface area contributed by atoms with E-state index in [2.05, 4.69) is 9.72 Å². The molecule has 7 nitrogen and oxygen atoms in total. The molecule has 0 bridgehead atoms. The van der Waals surface area contributed by atoms with E-state index in [1.807, 2.05) is 0 Å². The molecule has 8 heteroatoms. The zero-order chi connectivity index (χ0) is 14.0. The highest BCUT2D eigenvalue weighted by atomic mass is 32.1. The Morgan fingerprint density at radius 2 is 2.26 bits per heavy atom. The van der Waals surface area contributed by atoms with E-state index in [-0.39, 0.29) is 12.1 Å². The van der Waals surface area contributed by atoms with Crippen molar-refractivity contribution in [2.24, 2.45) is 0 Å². The van der Waals surface area contributed by atoms with Crippen molar-refractivity contribution < 1.29 is 14.3 Å². The highest BCUT2D eigenvalue weighted by Gasteiger charge is 2.19. The molecule has 2 heterocycles. The zero-order valence-electron chi connectivity index (χ0n) is 10.3. The molecule has 0 aromatic carbocycles. The summed E-state index contributed by atoms with van der Waals surface area (Å²) in [4.78, 5) is 40.9. The maximum Gasteiger partial charge on any atom is 0.325 e. The van der Waals surface area contributed by atoms with Crippen LogP contribution in [0.5, 0.6) is 0 Å². The first-order chi connectivity index (χ1) is 9.04. The van der Waals surface area contributed by atoms with Crippen LogP contribution in [0.1, 0.15) is 10.4 Å². The van der Waals surface area contributed by atoms with Gasteiger partial charge < -0.3 is 9.64 Å². The molecule has 100 valence electrons. The maximum absolute atomic E-state index is 12.1. The second-order valence-electron chi connectivity index (χ2n) is 3.77. The van der Waals surface area contributed by atoms with E-state index in [1.165, 1.54) is 36.1 Å². The van der Waals surface area contributed by atoms with Crippen LogP contribution in [-0.4, -0.2) is 46.9 Å². The average molecular weight is 281 g/mol. The van der Waals surface area contributed by atoms with Crippen molar-refractivity contribution in [3.05, 3.63) is 33.7 Å². The SMILES string of the molecule is COC(=O)CN(C)C(=O)c1cnc2sccn2c1=O. The molecule has 0 saturated carbocycles. The van der Waals surface area contributed by atoms with Crippen molar-refractivity contribution in [3.63, 3.8) is 0 Å². The third kappa shape index (κ3) is 2.48. The number of thiazole rings is 1. The lowest BCUT2D eigenvalue weighted by molar-refractivity contribution is -0.141. The monoisotopic (exact) mass is 281 g/mol. The van der Waals surface area contributed by atoms with Gasteiger partial charge in [0.05, 0.1) is 7.11 Å². The Balaban J connectivity index is 2.33. The van der Waals surface area contributed by atoms with Gasteiger partial charge in [0, 0.05) is 24.8 Å². The Bertz CT molecular complexity index is 691. The first-order valence-electron chi connectivity index (χ1n) is 5.31. The van der Waals surface area contributed by atoms with Gasteiger partial charge in [-0.1, -0.05) is 0 Å². The molecule has 0 aliphatic heterocycles. The number of hydrogen-bond donors (Lipinski definition) is 0. The van der Waals surface area contributed by atoms with Gasteiger partial charge in [0.25, 0.3) is 11.5 Å². The Morgan fingerprint density at radius 1 is 1.53 bits per heavy atom. The van der Waals surface area contributed by atoms with Crippen molar-refractivity contribution in [3.8, 4) is 0 Å². The molecule has 0 N–H and O–H groups in total. The predicted molar refractivity (Wildman–Crippen MR) is 68.3 cm³/mol. The highest BCUT2D eigenvalue weighted by Crippen LogP contribution is 2.06. The van der Waals surface area contributed by atoms with Crippen LogP contribution in [0.25, 0.3) is 4.96 Å². The van der Waals surface area contributed by atoms with Gasteiger partial charge in [-0.25, -0.2) is 4.98 Å². The first-order valence-corrected chi connectivity index (χ1v) is 6.19. The van der Waals surface area contributed by atoms with Crippen LogP contribution < -0.4 is 5.56 Å². The minimum absolute atomic E-state index is 0.0812. The van der Waals surface area contributed by atoms with Crippen LogP contribution in [0.2, 0.25) is 0 Å². The number of ether oxygens (including phenoxy) is 1. The molecule has 0 aliphatic carbocycles. The Labute approximate surface area is 112 Å². The fourth-order valence-corrected chi connectivity index (χ4v) is 2.18. The quantitative estimate of drug-likeness (QED) is 0.740. The van der Waals surface area contributed by atoms with Crippen LogP contribution in [0.15, 0.2) is 22.6 Å². The lowest BCUT2D eigenvalue weighted by Crippen LogP contribution is -2.36. The molecule has 0 unspecified atom stereocenters. The normalized spacial score (nSPS) is 10.4. The van der Waals surface area contributed by atoms with Gasteiger partial charge in [-0.15, -0.1) is 11.3 Å². The molecule has 0 saturated heterocycles. The predicted octanol–water partition coefficient (Wildman–Crippen LogP) is 0.001000. The van der Waals surface area contributed by atoms with Crippen molar-refractivity contribution in [1.82, 2.24) is 14.3 Å². The summed E-state index contributed by atoms with van der Waals surface area (Å²) in [5.41, 5.74) is -0.532. The van der Waals surface area contributed by atoms with Crippen LogP contribution in [0.3, 0.4) is 0 Å². The van der Waals surface area contributed by atoms with Gasteiger partial charge in [0.15, 0.2) is 4.96 Å². The molecule has 0 spiro atoms. The summed E-state index contributed by atoms with van der Waals surface area (Å²) in [6.45, 7) is -0.221. The second kappa shape index (κ2) is 5.19. The molecule has 0 aliphatic rings. The second-order valence-corrected chi connectivity index (χ2v) is 4.64. The third-order valence-corrected chi connectivity index (χ3v) is 3.28. The van der Waals surface area contributed by atoms with Gasteiger partial charge >= 0.3 is 5.97 Å². The summed E-state index contributed by atoms with van der Waals surface area (Å²) in [5.74, 6) is -1.12. The highest BCUT2D eigenvalue weighted by molar-refractivity contribution is 7.15. The standard InChI is InChI=1S/C11H11N3O4S/c1-13(6-8(15)18-2)9(16)7-5-12-11-14(10(7)17)3-4-19-11/h3-5H,6H2,1-2H3. The fraction of sp³-hybridized carbons (Fsp3) is 0.273. The van der Waals surface area contributed by atoms with Gasteiger partial charge in [-0.2, -0.15) is 0 Å². The number of methoxy groups -OCH3 is 1. The number of nitrogens with zero attached hydrogens (tertiary/aromatic N) is 3. The number of amides is 1. The molecule has 2 aromatic rings. The van der Waals surface area contributed by atoms with Crippen LogP contribution >= 0.6 is 11.3 Å². The lowest BCUT2D eigenvalue weighted by atomic mass is 10.3. The molecule has 0 atom stereocenters. The summed E-state index contributed by atoms with van der Waals surface area (Å²) in [6.07, 6.45) is 2.77. The maximum atomic E-state index is 12.1. The number of hydrogen-bond acceptors (Lipinski definition) is 6. The minimum Gasteiger partial charge on any atom is -0.468 e. The molecular weight excluding hydrogens is 270 g/mol. The molecular formula is C11H11N3O4S. The van der Waals surface area contributed by atoms with Crippen molar-refractivity contribution in [2.45, 2.75) is 0 Å². The van der Waals surface area contributed by atoms with Gasteiger partial charge in [-0.05, 0) is 0 Å². The van der Waals surface area contributed by atoms with Crippen LogP contribution in [-0.2, 0) is 9.53 Å². The number of aromatic nitrogens is 2. The molecule has 0 fully saturated rings. The summed E-state index contributed by atoms with van der Waals surface area (Å²) in [7, 11) is 2.65. The van der Waals surface area contributed by atoms with E-state index >= 15 is 0 Å². The van der Waals surface area contributed by atoms with Crippen molar-refractivity contribution in [2.75, 3.05) is 20.7 Å². The van der Waals surface area contributed by atoms with Gasteiger partial charge in [0.2, 0.25) is 0 Å². The smallest absolute Gasteiger partial charge is 0.325 e. The Morgan fingerprint density at radius 3 is 2.95 bits per heavy atom. The summed E-state index contributed by atoms with van der Waals surface area (Å²) < 4.78 is 5.76. The molecule has 0 radical (unpaired) electrons. The van der Waals surface area contributed by atoms with E-state index in [9.17, 15) is 14.4 Å². The van der Waals surface area contributed by atoms with Crippen LogP contribution in [0, 0.1) is 0 Å². The molecule has 2 aromatic heterocycles. The first kappa shape index (κ1) is 13.2. The lowest BCUT2D eigenvalue weighted by Gasteiger charge is -2.14.